The van der Waals surface area contributed by atoms with Crippen LogP contribution in [0.1, 0.15) is 30.6 Å². The van der Waals surface area contributed by atoms with E-state index in [0.717, 1.165) is 0 Å². The second kappa shape index (κ2) is 5.16. The Morgan fingerprint density at radius 1 is 1.28 bits per heavy atom. The van der Waals surface area contributed by atoms with Crippen molar-refractivity contribution in [2.45, 2.75) is 20.3 Å². The summed E-state index contributed by atoms with van der Waals surface area (Å²) in [5.74, 6) is -0.872. The van der Waals surface area contributed by atoms with Crippen LogP contribution in [0, 0.1) is 5.41 Å². The van der Waals surface area contributed by atoms with Gasteiger partial charge in [-0.3, -0.25) is 9.59 Å². The zero-order valence-corrected chi connectivity index (χ0v) is 11.6. The first-order valence-corrected chi connectivity index (χ1v) is 5.98. The summed E-state index contributed by atoms with van der Waals surface area (Å²) in [7, 11) is 0. The van der Waals surface area contributed by atoms with Gasteiger partial charge >= 0.3 is 0 Å². The van der Waals surface area contributed by atoms with E-state index in [1.807, 2.05) is 0 Å². The van der Waals surface area contributed by atoms with Crippen molar-refractivity contribution in [2.24, 2.45) is 11.1 Å². The summed E-state index contributed by atoms with van der Waals surface area (Å²) >= 11 is 11.7. The van der Waals surface area contributed by atoms with Gasteiger partial charge in [0.1, 0.15) is 0 Å². The van der Waals surface area contributed by atoms with Crippen molar-refractivity contribution in [3.63, 3.8) is 0 Å². The second-order valence-corrected chi connectivity index (χ2v) is 5.54. The van der Waals surface area contributed by atoms with Gasteiger partial charge in [-0.1, -0.05) is 37.0 Å². The lowest BCUT2D eigenvalue weighted by Crippen LogP contribution is -2.33. The van der Waals surface area contributed by atoms with Crippen LogP contribution in [-0.2, 0) is 4.79 Å². The summed E-state index contributed by atoms with van der Waals surface area (Å²) in [5.41, 5.74) is 10.4. The number of nitrogen functional groups attached to an aromatic ring is 1. The molecule has 0 bridgehead atoms. The summed E-state index contributed by atoms with van der Waals surface area (Å²) in [6, 6.07) is 2.89. The Morgan fingerprint density at radius 2 is 1.83 bits per heavy atom. The van der Waals surface area contributed by atoms with E-state index < -0.39 is 11.3 Å². The maximum Gasteiger partial charge on any atom is 0.223 e. The highest BCUT2D eigenvalue weighted by atomic mass is 35.5. The van der Waals surface area contributed by atoms with Gasteiger partial charge in [0.05, 0.1) is 16.1 Å². The molecular formula is C12H14Cl2N2O2. The van der Waals surface area contributed by atoms with Crippen LogP contribution in [0.15, 0.2) is 12.1 Å². The van der Waals surface area contributed by atoms with Crippen LogP contribution in [0.3, 0.4) is 0 Å². The number of carbonyl (C=O) groups is 2. The summed E-state index contributed by atoms with van der Waals surface area (Å²) < 4.78 is 0. The molecule has 0 aliphatic rings. The van der Waals surface area contributed by atoms with Crippen LogP contribution in [0.2, 0.25) is 10.0 Å². The van der Waals surface area contributed by atoms with Crippen molar-refractivity contribution in [1.82, 2.24) is 0 Å². The zero-order chi connectivity index (χ0) is 14.1. The number of ketones is 1. The van der Waals surface area contributed by atoms with E-state index in [1.54, 1.807) is 13.8 Å². The summed E-state index contributed by atoms with van der Waals surface area (Å²) in [5, 5.41) is 0.525. The monoisotopic (exact) mass is 288 g/mol. The van der Waals surface area contributed by atoms with Gasteiger partial charge in [-0.05, 0) is 12.1 Å². The third-order valence-electron chi connectivity index (χ3n) is 2.66. The minimum absolute atomic E-state index is 0.0524. The Labute approximate surface area is 115 Å². The van der Waals surface area contributed by atoms with Crippen LogP contribution in [-0.4, -0.2) is 11.7 Å². The molecule has 0 saturated heterocycles. The molecule has 1 aromatic rings. The van der Waals surface area contributed by atoms with Crippen molar-refractivity contribution in [3.05, 3.63) is 27.7 Å². The number of primary amides is 1. The molecule has 4 N–H and O–H groups in total. The second-order valence-electron chi connectivity index (χ2n) is 4.70. The molecule has 6 heteroatoms. The Kier molecular flexibility index (Phi) is 4.24. The lowest BCUT2D eigenvalue weighted by atomic mass is 9.84. The van der Waals surface area contributed by atoms with Crippen molar-refractivity contribution in [2.75, 3.05) is 5.73 Å². The summed E-state index contributed by atoms with van der Waals surface area (Å²) in [6.07, 6.45) is -0.0524. The van der Waals surface area contributed by atoms with E-state index in [0.29, 0.717) is 5.02 Å². The highest BCUT2D eigenvalue weighted by Crippen LogP contribution is 2.31. The number of amides is 1. The molecule has 0 atom stereocenters. The number of nitrogens with two attached hydrogens (primary N) is 2. The third-order valence-corrected chi connectivity index (χ3v) is 3.20. The Hall–Kier alpha value is -1.26. The van der Waals surface area contributed by atoms with Gasteiger partial charge in [0, 0.05) is 17.0 Å². The quantitative estimate of drug-likeness (QED) is 0.660. The fourth-order valence-corrected chi connectivity index (χ4v) is 1.89. The maximum absolute atomic E-state index is 12.1. The molecule has 18 heavy (non-hydrogen) atoms. The molecule has 98 valence electrons. The zero-order valence-electron chi connectivity index (χ0n) is 10.1. The first-order valence-electron chi connectivity index (χ1n) is 5.23. The van der Waals surface area contributed by atoms with Crippen molar-refractivity contribution in [3.8, 4) is 0 Å². The molecule has 0 spiro atoms. The molecule has 1 amide bonds. The van der Waals surface area contributed by atoms with E-state index in [9.17, 15) is 9.59 Å². The smallest absolute Gasteiger partial charge is 0.223 e. The topological polar surface area (TPSA) is 86.2 Å². The predicted octanol–water partition coefficient (Wildman–Crippen LogP) is 2.66. The predicted molar refractivity (Wildman–Crippen MR) is 72.8 cm³/mol. The van der Waals surface area contributed by atoms with Crippen LogP contribution in [0.4, 0.5) is 5.69 Å². The van der Waals surface area contributed by atoms with Crippen LogP contribution < -0.4 is 11.5 Å². The lowest BCUT2D eigenvalue weighted by Gasteiger charge is -2.19. The molecule has 0 aromatic heterocycles. The number of carbonyl (C=O) groups excluding carboxylic acids is 2. The van der Waals surface area contributed by atoms with Gasteiger partial charge in [0.25, 0.3) is 0 Å². The molecule has 0 radical (unpaired) electrons. The Balaban J connectivity index is 3.09. The molecule has 0 aliphatic heterocycles. The van der Waals surface area contributed by atoms with E-state index in [-0.39, 0.29) is 28.5 Å². The minimum Gasteiger partial charge on any atom is -0.397 e. The molecule has 0 fully saturated rings. The number of hydrogen-bond acceptors (Lipinski definition) is 3. The van der Waals surface area contributed by atoms with Gasteiger partial charge in [0.2, 0.25) is 5.91 Å². The average molecular weight is 289 g/mol. The molecule has 1 aromatic carbocycles. The SMILES string of the molecule is CC(C)(CC(=O)c1cc(Cl)cc(Cl)c1N)C(N)=O. The van der Waals surface area contributed by atoms with Gasteiger partial charge in [-0.25, -0.2) is 0 Å². The van der Waals surface area contributed by atoms with Crippen molar-refractivity contribution < 1.29 is 9.59 Å². The molecule has 1 rings (SSSR count). The van der Waals surface area contributed by atoms with Crippen molar-refractivity contribution in [1.29, 1.82) is 0 Å². The number of hydrogen-bond donors (Lipinski definition) is 2. The first-order chi connectivity index (χ1) is 8.15. The van der Waals surface area contributed by atoms with Crippen LogP contribution in [0.25, 0.3) is 0 Å². The van der Waals surface area contributed by atoms with Crippen molar-refractivity contribution >= 4 is 40.6 Å². The van der Waals surface area contributed by atoms with E-state index in [1.165, 1.54) is 12.1 Å². The highest BCUT2D eigenvalue weighted by Gasteiger charge is 2.29. The third kappa shape index (κ3) is 3.15. The maximum atomic E-state index is 12.1. The van der Waals surface area contributed by atoms with E-state index >= 15 is 0 Å². The standard InChI is InChI=1S/C12H14Cl2N2O2/c1-12(2,11(16)18)5-9(17)7-3-6(13)4-8(14)10(7)15/h3-4H,5,15H2,1-2H3,(H2,16,18). The normalized spacial score (nSPS) is 11.3. The van der Waals surface area contributed by atoms with E-state index in [2.05, 4.69) is 0 Å². The molecule has 0 heterocycles. The minimum atomic E-state index is -0.946. The number of benzene rings is 1. The fraction of sp³-hybridized carbons (Fsp3) is 0.333. The average Bonchev–Trinajstić information content (AvgIpc) is 2.22. The van der Waals surface area contributed by atoms with E-state index in [4.69, 9.17) is 34.7 Å². The number of rotatable bonds is 4. The number of anilines is 1. The lowest BCUT2D eigenvalue weighted by molar-refractivity contribution is -0.125. The molecular weight excluding hydrogens is 275 g/mol. The molecule has 0 unspecified atom stereocenters. The highest BCUT2D eigenvalue weighted by molar-refractivity contribution is 6.37. The van der Waals surface area contributed by atoms with Gasteiger partial charge in [-0.2, -0.15) is 0 Å². The molecule has 0 saturated carbocycles. The largest absolute Gasteiger partial charge is 0.397 e. The Bertz CT molecular complexity index is 513. The van der Waals surface area contributed by atoms with Gasteiger partial charge in [-0.15, -0.1) is 0 Å². The van der Waals surface area contributed by atoms with Gasteiger partial charge in [0.15, 0.2) is 5.78 Å². The molecule has 0 aliphatic carbocycles. The molecule has 4 nitrogen and oxygen atoms in total. The number of halogens is 2. The summed E-state index contributed by atoms with van der Waals surface area (Å²) in [6.45, 7) is 3.19. The van der Waals surface area contributed by atoms with Crippen LogP contribution >= 0.6 is 23.2 Å². The van der Waals surface area contributed by atoms with Gasteiger partial charge < -0.3 is 11.5 Å². The summed E-state index contributed by atoms with van der Waals surface area (Å²) in [4.78, 5) is 23.3. The first kappa shape index (κ1) is 14.8. The fourth-order valence-electron chi connectivity index (χ4n) is 1.40. The van der Waals surface area contributed by atoms with Crippen LogP contribution in [0.5, 0.6) is 0 Å². The number of Topliss-reactive ketones (excluding diaryl/α,β-unsaturated/α-hetero) is 1. The Morgan fingerprint density at radius 3 is 2.33 bits per heavy atom.